The summed E-state index contributed by atoms with van der Waals surface area (Å²) in [7, 11) is 0. The van der Waals surface area contributed by atoms with Crippen molar-refractivity contribution in [2.75, 3.05) is 19.6 Å². The first-order valence-electron chi connectivity index (χ1n) is 8.44. The lowest BCUT2D eigenvalue weighted by Crippen LogP contribution is -2.50. The molecule has 22 heavy (non-hydrogen) atoms. The average molecular weight is 305 g/mol. The first kappa shape index (κ1) is 15.7. The highest BCUT2D eigenvalue weighted by Crippen LogP contribution is 2.33. The molecular formula is C17H27N3O2. The van der Waals surface area contributed by atoms with Crippen LogP contribution in [0.1, 0.15) is 43.4 Å². The van der Waals surface area contributed by atoms with E-state index in [0.717, 1.165) is 69.5 Å². The van der Waals surface area contributed by atoms with E-state index in [-0.39, 0.29) is 5.56 Å². The number of rotatable bonds is 4. The van der Waals surface area contributed by atoms with E-state index in [1.54, 1.807) is 10.9 Å². The number of aryl methyl sites for hydroxylation is 1. The number of hydrogen-bond donors (Lipinski definition) is 1. The van der Waals surface area contributed by atoms with Gasteiger partial charge in [0.05, 0.1) is 11.9 Å². The Labute approximate surface area is 132 Å². The number of likely N-dealkylation sites (tertiary alicyclic amines) is 1. The maximum Gasteiger partial charge on any atom is 0.256 e. The molecule has 0 aromatic carbocycles. The van der Waals surface area contributed by atoms with Gasteiger partial charge in [-0.2, -0.15) is 0 Å². The van der Waals surface area contributed by atoms with Crippen LogP contribution in [0.2, 0.25) is 0 Å². The Bertz CT molecular complexity index is 584. The minimum atomic E-state index is -0.415. The van der Waals surface area contributed by atoms with E-state index in [2.05, 4.69) is 9.88 Å². The zero-order valence-electron chi connectivity index (χ0n) is 13.7. The number of piperidine rings is 1. The van der Waals surface area contributed by atoms with Crippen LogP contribution >= 0.6 is 0 Å². The van der Waals surface area contributed by atoms with Gasteiger partial charge in [-0.05, 0) is 65.0 Å². The molecule has 2 fully saturated rings. The molecule has 1 aliphatic carbocycles. The van der Waals surface area contributed by atoms with Crippen LogP contribution in [0.3, 0.4) is 0 Å². The van der Waals surface area contributed by atoms with E-state index in [4.69, 9.17) is 0 Å². The Morgan fingerprint density at radius 1 is 1.32 bits per heavy atom. The van der Waals surface area contributed by atoms with Crippen molar-refractivity contribution in [3.63, 3.8) is 0 Å². The molecule has 5 nitrogen and oxygen atoms in total. The lowest BCUT2D eigenvalue weighted by Gasteiger charge is -2.42. The van der Waals surface area contributed by atoms with Gasteiger partial charge in [0.1, 0.15) is 0 Å². The van der Waals surface area contributed by atoms with Gasteiger partial charge in [-0.15, -0.1) is 0 Å². The maximum atomic E-state index is 12.2. The number of nitrogens with zero attached hydrogens (tertiary/aromatic N) is 3. The third-order valence-corrected chi connectivity index (χ3v) is 5.48. The van der Waals surface area contributed by atoms with Gasteiger partial charge < -0.3 is 10.0 Å². The van der Waals surface area contributed by atoms with E-state index in [0.29, 0.717) is 5.92 Å². The lowest BCUT2D eigenvalue weighted by molar-refractivity contribution is -0.0639. The zero-order valence-corrected chi connectivity index (χ0v) is 13.7. The fraction of sp³-hybridized carbons (Fsp3) is 0.765. The highest BCUT2D eigenvalue weighted by Gasteiger charge is 2.36. The SMILES string of the molecule is Cc1ncn(CC2CCN(CC3(O)CCC3)CC2)c(=O)c1C. The molecule has 5 heteroatoms. The number of aliphatic hydroxyl groups is 1. The predicted octanol–water partition coefficient (Wildman–Crippen LogP) is 1.49. The normalized spacial score (nSPS) is 22.5. The molecule has 0 bridgehead atoms. The van der Waals surface area contributed by atoms with E-state index in [9.17, 15) is 9.90 Å². The van der Waals surface area contributed by atoms with Crippen molar-refractivity contribution >= 4 is 0 Å². The van der Waals surface area contributed by atoms with Crippen molar-refractivity contribution in [2.45, 2.75) is 58.1 Å². The van der Waals surface area contributed by atoms with Gasteiger partial charge >= 0.3 is 0 Å². The van der Waals surface area contributed by atoms with Crippen LogP contribution in [-0.2, 0) is 6.54 Å². The second-order valence-electron chi connectivity index (χ2n) is 7.21. The Morgan fingerprint density at radius 2 is 2.00 bits per heavy atom. The molecular weight excluding hydrogens is 278 g/mol. The molecule has 1 aliphatic heterocycles. The van der Waals surface area contributed by atoms with Gasteiger partial charge in [0.25, 0.3) is 5.56 Å². The summed E-state index contributed by atoms with van der Waals surface area (Å²) in [6, 6.07) is 0. The topological polar surface area (TPSA) is 58.4 Å². The fourth-order valence-corrected chi connectivity index (χ4v) is 3.57. The highest BCUT2D eigenvalue weighted by atomic mass is 16.3. The Hall–Kier alpha value is -1.20. The first-order valence-corrected chi connectivity index (χ1v) is 8.44. The summed E-state index contributed by atoms with van der Waals surface area (Å²) in [5, 5.41) is 10.3. The standard InChI is InChI=1S/C17H27N3O2/c1-13-14(2)18-12-20(16(13)21)10-15-4-8-19(9-5-15)11-17(22)6-3-7-17/h12,15,22H,3-11H2,1-2H3. The summed E-state index contributed by atoms with van der Waals surface area (Å²) < 4.78 is 1.77. The molecule has 1 aromatic heterocycles. The van der Waals surface area contributed by atoms with Gasteiger partial charge in [-0.3, -0.25) is 9.36 Å². The van der Waals surface area contributed by atoms with Gasteiger partial charge in [0.15, 0.2) is 0 Å². The van der Waals surface area contributed by atoms with Crippen LogP contribution in [0, 0.1) is 19.8 Å². The van der Waals surface area contributed by atoms with Gasteiger partial charge in [-0.1, -0.05) is 0 Å². The second kappa shape index (κ2) is 6.13. The van der Waals surface area contributed by atoms with Gasteiger partial charge in [0.2, 0.25) is 0 Å². The van der Waals surface area contributed by atoms with E-state index >= 15 is 0 Å². The first-order chi connectivity index (χ1) is 10.5. The smallest absolute Gasteiger partial charge is 0.256 e. The summed E-state index contributed by atoms with van der Waals surface area (Å²) in [6.45, 7) is 7.38. The third kappa shape index (κ3) is 3.25. The molecule has 0 atom stereocenters. The Morgan fingerprint density at radius 3 is 2.59 bits per heavy atom. The van der Waals surface area contributed by atoms with E-state index in [1.807, 2.05) is 13.8 Å². The molecule has 1 N–H and O–H groups in total. The molecule has 2 aliphatic rings. The number of hydrogen-bond acceptors (Lipinski definition) is 4. The van der Waals surface area contributed by atoms with E-state index < -0.39 is 5.60 Å². The molecule has 1 aromatic rings. The van der Waals surface area contributed by atoms with Crippen molar-refractivity contribution in [3.05, 3.63) is 27.9 Å². The van der Waals surface area contributed by atoms with Crippen LogP contribution in [-0.4, -0.2) is 44.8 Å². The summed E-state index contributed by atoms with van der Waals surface area (Å²) in [5.74, 6) is 0.536. The molecule has 3 rings (SSSR count). The van der Waals surface area contributed by atoms with Gasteiger partial charge in [0, 0.05) is 24.3 Å². The minimum absolute atomic E-state index is 0.0960. The Kier molecular flexibility index (Phi) is 4.37. The number of β-amino-alcohol motifs (C(OH)–C–C–N with tert-alkyl or cyclic N) is 1. The molecule has 122 valence electrons. The van der Waals surface area contributed by atoms with Crippen LogP contribution in [0.15, 0.2) is 11.1 Å². The van der Waals surface area contributed by atoms with Crippen molar-refractivity contribution in [1.29, 1.82) is 0 Å². The fourth-order valence-electron chi connectivity index (χ4n) is 3.57. The van der Waals surface area contributed by atoms with Crippen molar-refractivity contribution in [2.24, 2.45) is 5.92 Å². The molecule has 0 amide bonds. The van der Waals surface area contributed by atoms with Crippen LogP contribution in [0.4, 0.5) is 0 Å². The largest absolute Gasteiger partial charge is 0.389 e. The Balaban J connectivity index is 1.54. The molecule has 2 heterocycles. The molecule has 0 spiro atoms. The summed E-state index contributed by atoms with van der Waals surface area (Å²) >= 11 is 0. The van der Waals surface area contributed by atoms with Crippen LogP contribution in [0.25, 0.3) is 0 Å². The molecule has 0 unspecified atom stereocenters. The van der Waals surface area contributed by atoms with E-state index in [1.165, 1.54) is 0 Å². The summed E-state index contributed by atoms with van der Waals surface area (Å²) in [5.41, 5.74) is 1.26. The molecule has 1 saturated heterocycles. The molecule has 0 radical (unpaired) electrons. The molecule has 1 saturated carbocycles. The van der Waals surface area contributed by atoms with Crippen LogP contribution < -0.4 is 5.56 Å². The van der Waals surface area contributed by atoms with Gasteiger partial charge in [-0.25, -0.2) is 4.98 Å². The quantitative estimate of drug-likeness (QED) is 0.915. The lowest BCUT2D eigenvalue weighted by atomic mass is 9.79. The maximum absolute atomic E-state index is 12.2. The van der Waals surface area contributed by atoms with Crippen molar-refractivity contribution < 1.29 is 5.11 Å². The second-order valence-corrected chi connectivity index (χ2v) is 7.21. The minimum Gasteiger partial charge on any atom is -0.389 e. The predicted molar refractivity (Wildman–Crippen MR) is 85.9 cm³/mol. The summed E-state index contributed by atoms with van der Waals surface area (Å²) in [4.78, 5) is 18.9. The van der Waals surface area contributed by atoms with Crippen LogP contribution in [0.5, 0.6) is 0 Å². The van der Waals surface area contributed by atoms with Crippen molar-refractivity contribution in [3.8, 4) is 0 Å². The zero-order chi connectivity index (χ0) is 15.7. The third-order valence-electron chi connectivity index (χ3n) is 5.48. The van der Waals surface area contributed by atoms with Crippen molar-refractivity contribution in [1.82, 2.24) is 14.5 Å². The average Bonchev–Trinajstić information content (AvgIpc) is 2.48. The monoisotopic (exact) mass is 305 g/mol. The highest BCUT2D eigenvalue weighted by molar-refractivity contribution is 5.12. The summed E-state index contributed by atoms with van der Waals surface area (Å²) in [6.07, 6.45) is 6.95. The number of aromatic nitrogens is 2.